The summed E-state index contributed by atoms with van der Waals surface area (Å²) < 4.78 is 31.5. The molecule has 0 aliphatic carbocycles. The van der Waals surface area contributed by atoms with Gasteiger partial charge in [0.25, 0.3) is 0 Å². The van der Waals surface area contributed by atoms with E-state index in [4.69, 9.17) is 10.3 Å². The standard InChI is InChI=1S/C11H19N3O3S/c1-8-11(9(2)17-13-8)18(15,16)14-5-3-4-10(6-12)7-14/h10H,3-7,12H2,1-2H3. The van der Waals surface area contributed by atoms with Crippen LogP contribution in [-0.2, 0) is 10.0 Å². The van der Waals surface area contributed by atoms with Crippen LogP contribution in [0.2, 0.25) is 0 Å². The van der Waals surface area contributed by atoms with Crippen LogP contribution in [0.1, 0.15) is 24.3 Å². The highest BCUT2D eigenvalue weighted by atomic mass is 32.2. The van der Waals surface area contributed by atoms with Gasteiger partial charge >= 0.3 is 0 Å². The van der Waals surface area contributed by atoms with Gasteiger partial charge in [0.05, 0.1) is 0 Å². The summed E-state index contributed by atoms with van der Waals surface area (Å²) in [6, 6.07) is 0. The molecule has 1 saturated heterocycles. The number of sulfonamides is 1. The van der Waals surface area contributed by atoms with Gasteiger partial charge in [-0.15, -0.1) is 0 Å². The maximum atomic E-state index is 12.5. The lowest BCUT2D eigenvalue weighted by Crippen LogP contribution is -2.42. The quantitative estimate of drug-likeness (QED) is 0.873. The highest BCUT2D eigenvalue weighted by Crippen LogP contribution is 2.27. The number of nitrogens with zero attached hydrogens (tertiary/aromatic N) is 2. The van der Waals surface area contributed by atoms with Crippen molar-refractivity contribution in [2.75, 3.05) is 19.6 Å². The second kappa shape index (κ2) is 4.99. The number of aromatic nitrogens is 1. The Labute approximate surface area is 107 Å². The predicted octanol–water partition coefficient (Wildman–Crippen LogP) is 0.651. The average Bonchev–Trinajstić information content (AvgIpc) is 2.69. The van der Waals surface area contributed by atoms with Gasteiger partial charge in [0.15, 0.2) is 5.76 Å². The van der Waals surface area contributed by atoms with Crippen molar-refractivity contribution in [1.29, 1.82) is 0 Å². The van der Waals surface area contributed by atoms with Crippen LogP contribution in [0.3, 0.4) is 0 Å². The van der Waals surface area contributed by atoms with E-state index in [2.05, 4.69) is 5.16 Å². The maximum absolute atomic E-state index is 12.5. The third-order valence-corrected chi connectivity index (χ3v) is 5.49. The van der Waals surface area contributed by atoms with E-state index in [0.29, 0.717) is 31.1 Å². The van der Waals surface area contributed by atoms with Gasteiger partial charge < -0.3 is 10.3 Å². The van der Waals surface area contributed by atoms with Crippen LogP contribution >= 0.6 is 0 Å². The number of aryl methyl sites for hydroxylation is 2. The van der Waals surface area contributed by atoms with Crippen LogP contribution in [0, 0.1) is 19.8 Å². The fourth-order valence-electron chi connectivity index (χ4n) is 2.41. The van der Waals surface area contributed by atoms with Crippen molar-refractivity contribution in [3.8, 4) is 0 Å². The highest BCUT2D eigenvalue weighted by Gasteiger charge is 2.33. The van der Waals surface area contributed by atoms with Gasteiger partial charge in [0, 0.05) is 13.1 Å². The first kappa shape index (κ1) is 13.5. The van der Waals surface area contributed by atoms with Gasteiger partial charge in [-0.25, -0.2) is 8.42 Å². The van der Waals surface area contributed by atoms with Crippen LogP contribution in [0.15, 0.2) is 9.42 Å². The Balaban J connectivity index is 2.31. The van der Waals surface area contributed by atoms with E-state index in [1.165, 1.54) is 4.31 Å². The molecule has 0 bridgehead atoms. The van der Waals surface area contributed by atoms with Gasteiger partial charge in [-0.2, -0.15) is 4.31 Å². The SMILES string of the molecule is Cc1noc(C)c1S(=O)(=O)N1CCCC(CN)C1. The lowest BCUT2D eigenvalue weighted by atomic mass is 10.0. The molecular weight excluding hydrogens is 254 g/mol. The van der Waals surface area contributed by atoms with Crippen molar-refractivity contribution >= 4 is 10.0 Å². The van der Waals surface area contributed by atoms with E-state index in [9.17, 15) is 8.42 Å². The van der Waals surface area contributed by atoms with Gasteiger partial charge in [-0.05, 0) is 39.2 Å². The zero-order valence-corrected chi connectivity index (χ0v) is 11.5. The minimum absolute atomic E-state index is 0.208. The van der Waals surface area contributed by atoms with Crippen molar-refractivity contribution in [3.63, 3.8) is 0 Å². The summed E-state index contributed by atoms with van der Waals surface area (Å²) in [7, 11) is -3.50. The average molecular weight is 273 g/mol. The topological polar surface area (TPSA) is 89.4 Å². The van der Waals surface area contributed by atoms with Crippen LogP contribution in [0.4, 0.5) is 0 Å². The Hall–Kier alpha value is -0.920. The fraction of sp³-hybridized carbons (Fsp3) is 0.727. The molecule has 0 saturated carbocycles. The molecule has 0 amide bonds. The van der Waals surface area contributed by atoms with E-state index in [1.54, 1.807) is 13.8 Å². The first-order chi connectivity index (χ1) is 8.46. The normalized spacial score (nSPS) is 22.3. The smallest absolute Gasteiger partial charge is 0.248 e. The van der Waals surface area contributed by atoms with E-state index in [0.717, 1.165) is 12.8 Å². The third kappa shape index (κ3) is 2.30. The summed E-state index contributed by atoms with van der Waals surface area (Å²) in [6.45, 7) is 4.82. The predicted molar refractivity (Wildman–Crippen MR) is 66.5 cm³/mol. The monoisotopic (exact) mass is 273 g/mol. The summed E-state index contributed by atoms with van der Waals surface area (Å²) in [4.78, 5) is 0.208. The second-order valence-corrected chi connectivity index (χ2v) is 6.64. The van der Waals surface area contributed by atoms with E-state index in [1.807, 2.05) is 0 Å². The Morgan fingerprint density at radius 2 is 2.22 bits per heavy atom. The molecule has 1 aromatic heterocycles. The molecule has 1 unspecified atom stereocenters. The molecule has 1 fully saturated rings. The summed E-state index contributed by atoms with van der Waals surface area (Å²) in [5.41, 5.74) is 6.05. The van der Waals surface area contributed by atoms with Gasteiger partial charge in [-0.1, -0.05) is 5.16 Å². The lowest BCUT2D eigenvalue weighted by molar-refractivity contribution is 0.271. The zero-order chi connectivity index (χ0) is 13.3. The molecule has 18 heavy (non-hydrogen) atoms. The first-order valence-electron chi connectivity index (χ1n) is 6.10. The molecule has 6 nitrogen and oxygen atoms in total. The number of hydrogen-bond acceptors (Lipinski definition) is 5. The van der Waals surface area contributed by atoms with E-state index in [-0.39, 0.29) is 10.8 Å². The summed E-state index contributed by atoms with van der Waals surface area (Å²) in [6.07, 6.45) is 1.84. The van der Waals surface area contributed by atoms with Crippen LogP contribution in [0.25, 0.3) is 0 Å². The Morgan fingerprint density at radius 3 is 2.78 bits per heavy atom. The fourth-order valence-corrected chi connectivity index (χ4v) is 4.26. The first-order valence-corrected chi connectivity index (χ1v) is 7.54. The number of rotatable bonds is 3. The number of nitrogens with two attached hydrogens (primary N) is 1. The molecule has 0 spiro atoms. The largest absolute Gasteiger partial charge is 0.360 e. The van der Waals surface area contributed by atoms with Crippen molar-refractivity contribution in [2.24, 2.45) is 11.7 Å². The summed E-state index contributed by atoms with van der Waals surface area (Å²) in [5, 5.41) is 3.71. The third-order valence-electron chi connectivity index (χ3n) is 3.38. The Morgan fingerprint density at radius 1 is 1.50 bits per heavy atom. The zero-order valence-electron chi connectivity index (χ0n) is 10.7. The molecule has 1 atom stereocenters. The molecule has 1 aliphatic rings. The molecule has 2 rings (SSSR count). The molecule has 7 heteroatoms. The van der Waals surface area contributed by atoms with Gasteiger partial charge in [0.2, 0.25) is 10.0 Å². The molecule has 2 heterocycles. The van der Waals surface area contributed by atoms with Gasteiger partial charge in [-0.3, -0.25) is 0 Å². The van der Waals surface area contributed by atoms with Crippen LogP contribution in [0.5, 0.6) is 0 Å². The molecule has 1 aliphatic heterocycles. The molecule has 1 aromatic rings. The molecule has 2 N–H and O–H groups in total. The Bertz CT molecular complexity index is 504. The van der Waals surface area contributed by atoms with Crippen molar-refractivity contribution < 1.29 is 12.9 Å². The summed E-state index contributed by atoms with van der Waals surface area (Å²) in [5.74, 6) is 0.594. The van der Waals surface area contributed by atoms with Crippen molar-refractivity contribution in [1.82, 2.24) is 9.46 Å². The maximum Gasteiger partial charge on any atom is 0.248 e. The minimum Gasteiger partial charge on any atom is -0.360 e. The minimum atomic E-state index is -3.50. The van der Waals surface area contributed by atoms with E-state index >= 15 is 0 Å². The lowest BCUT2D eigenvalue weighted by Gasteiger charge is -2.31. The van der Waals surface area contributed by atoms with Crippen LogP contribution < -0.4 is 5.73 Å². The molecular formula is C11H19N3O3S. The van der Waals surface area contributed by atoms with E-state index < -0.39 is 10.0 Å². The van der Waals surface area contributed by atoms with Crippen molar-refractivity contribution in [2.45, 2.75) is 31.6 Å². The van der Waals surface area contributed by atoms with Gasteiger partial charge in [0.1, 0.15) is 10.6 Å². The number of hydrogen-bond donors (Lipinski definition) is 1. The molecule has 102 valence electrons. The Kier molecular flexibility index (Phi) is 3.74. The molecule has 0 radical (unpaired) electrons. The van der Waals surface area contributed by atoms with Crippen LogP contribution in [-0.4, -0.2) is 37.5 Å². The molecule has 0 aromatic carbocycles. The summed E-state index contributed by atoms with van der Waals surface area (Å²) >= 11 is 0. The van der Waals surface area contributed by atoms with Crippen molar-refractivity contribution in [3.05, 3.63) is 11.5 Å². The second-order valence-electron chi connectivity index (χ2n) is 4.76. The highest BCUT2D eigenvalue weighted by molar-refractivity contribution is 7.89. The number of piperidine rings is 1.